The highest BCUT2D eigenvalue weighted by molar-refractivity contribution is 6.22. The van der Waals surface area contributed by atoms with Crippen LogP contribution in [0.1, 0.15) is 34.7 Å². The van der Waals surface area contributed by atoms with Gasteiger partial charge in [0.25, 0.3) is 0 Å². The van der Waals surface area contributed by atoms with Crippen molar-refractivity contribution in [2.24, 2.45) is 4.99 Å². The zero-order chi connectivity index (χ0) is 15.1. The highest BCUT2D eigenvalue weighted by atomic mass is 16.3. The van der Waals surface area contributed by atoms with Crippen LogP contribution in [-0.2, 0) is 0 Å². The fraction of sp³-hybridized carbons (Fsp3) is 0.105. The standard InChI is InChI=1S/C19H16N2O/c1-12-15-16(18(20-12)14-10-6-3-7-11-14)19(22)21-17(15)13-8-4-2-5-9-13/h2-8,10-11,13,21-22H,1,9H2. The number of aromatic nitrogens is 1. The quantitative estimate of drug-likeness (QED) is 0.857. The molecular weight excluding hydrogens is 272 g/mol. The predicted octanol–water partition coefficient (Wildman–Crippen LogP) is 4.14. The monoisotopic (exact) mass is 288 g/mol. The third-order valence-electron chi connectivity index (χ3n) is 4.18. The van der Waals surface area contributed by atoms with Crippen molar-refractivity contribution < 1.29 is 5.11 Å². The van der Waals surface area contributed by atoms with Crippen LogP contribution in [0.3, 0.4) is 0 Å². The second kappa shape index (κ2) is 4.88. The van der Waals surface area contributed by atoms with Crippen molar-refractivity contribution in [2.75, 3.05) is 0 Å². The Balaban J connectivity index is 1.85. The van der Waals surface area contributed by atoms with Crippen LogP contribution in [-0.4, -0.2) is 15.8 Å². The normalized spacial score (nSPS) is 19.4. The molecule has 22 heavy (non-hydrogen) atoms. The molecule has 2 aromatic rings. The molecule has 2 aliphatic rings. The van der Waals surface area contributed by atoms with Crippen LogP contribution in [0, 0.1) is 0 Å². The smallest absolute Gasteiger partial charge is 0.198 e. The number of hydrogen-bond donors (Lipinski definition) is 2. The zero-order valence-corrected chi connectivity index (χ0v) is 12.1. The molecule has 0 spiro atoms. The van der Waals surface area contributed by atoms with Crippen molar-refractivity contribution >= 4 is 11.4 Å². The number of rotatable bonds is 2. The molecule has 0 saturated carbocycles. The van der Waals surface area contributed by atoms with E-state index in [1.165, 1.54) is 0 Å². The Labute approximate surface area is 129 Å². The number of H-pyrrole nitrogens is 1. The van der Waals surface area contributed by atoms with E-state index < -0.39 is 0 Å². The van der Waals surface area contributed by atoms with Gasteiger partial charge in [0.15, 0.2) is 5.88 Å². The third-order valence-corrected chi connectivity index (χ3v) is 4.18. The van der Waals surface area contributed by atoms with Crippen molar-refractivity contribution in [3.8, 4) is 5.88 Å². The van der Waals surface area contributed by atoms with Crippen LogP contribution in [0.2, 0.25) is 0 Å². The second-order valence-corrected chi connectivity index (χ2v) is 5.57. The maximum Gasteiger partial charge on any atom is 0.198 e. The molecule has 4 rings (SSSR count). The lowest BCUT2D eigenvalue weighted by Crippen LogP contribution is -2.00. The molecule has 0 bridgehead atoms. The van der Waals surface area contributed by atoms with Crippen LogP contribution in [0.4, 0.5) is 0 Å². The van der Waals surface area contributed by atoms with Gasteiger partial charge in [-0.1, -0.05) is 61.2 Å². The average Bonchev–Trinajstić information content (AvgIpc) is 3.09. The SMILES string of the molecule is C=C1N=C(c2ccccc2)c2c(O)[nH]c(C3C=CC=CC3)c21. The van der Waals surface area contributed by atoms with E-state index in [0.29, 0.717) is 5.70 Å². The summed E-state index contributed by atoms with van der Waals surface area (Å²) in [6.45, 7) is 4.08. The molecule has 0 radical (unpaired) electrons. The number of aromatic amines is 1. The summed E-state index contributed by atoms with van der Waals surface area (Å²) in [5.74, 6) is 0.399. The van der Waals surface area contributed by atoms with Crippen molar-refractivity contribution in [2.45, 2.75) is 12.3 Å². The topological polar surface area (TPSA) is 48.4 Å². The lowest BCUT2D eigenvalue weighted by atomic mass is 9.92. The Morgan fingerprint density at radius 2 is 1.95 bits per heavy atom. The van der Waals surface area contributed by atoms with Crippen molar-refractivity contribution in [3.05, 3.63) is 83.6 Å². The summed E-state index contributed by atoms with van der Waals surface area (Å²) in [5.41, 5.74) is 5.20. The van der Waals surface area contributed by atoms with Crippen molar-refractivity contribution in [1.82, 2.24) is 4.98 Å². The van der Waals surface area contributed by atoms with Gasteiger partial charge in [0.1, 0.15) is 0 Å². The molecule has 0 amide bonds. The van der Waals surface area contributed by atoms with Gasteiger partial charge in [0, 0.05) is 22.7 Å². The molecule has 1 aliphatic heterocycles. The van der Waals surface area contributed by atoms with Gasteiger partial charge in [0.2, 0.25) is 0 Å². The molecule has 0 saturated heterocycles. The molecule has 1 aromatic carbocycles. The summed E-state index contributed by atoms with van der Waals surface area (Å²) in [4.78, 5) is 7.75. The van der Waals surface area contributed by atoms with Gasteiger partial charge in [-0.3, -0.25) is 0 Å². The zero-order valence-electron chi connectivity index (χ0n) is 12.1. The first-order valence-corrected chi connectivity index (χ1v) is 7.37. The summed E-state index contributed by atoms with van der Waals surface area (Å²) in [6.07, 6.45) is 9.26. The molecular formula is C19H16N2O. The Morgan fingerprint density at radius 1 is 1.14 bits per heavy atom. The van der Waals surface area contributed by atoms with Crippen LogP contribution in [0.5, 0.6) is 5.88 Å². The van der Waals surface area contributed by atoms with Gasteiger partial charge in [-0.25, -0.2) is 4.99 Å². The summed E-state index contributed by atoms with van der Waals surface area (Å²) in [6, 6.07) is 9.90. The van der Waals surface area contributed by atoms with E-state index in [9.17, 15) is 5.11 Å². The van der Waals surface area contributed by atoms with Crippen LogP contribution in [0.25, 0.3) is 5.70 Å². The van der Waals surface area contributed by atoms with E-state index in [1.807, 2.05) is 42.5 Å². The van der Waals surface area contributed by atoms with Crippen LogP contribution < -0.4 is 0 Å². The minimum atomic E-state index is 0.175. The molecule has 3 nitrogen and oxygen atoms in total. The van der Waals surface area contributed by atoms with E-state index >= 15 is 0 Å². The Kier molecular flexibility index (Phi) is 2.86. The number of allylic oxidation sites excluding steroid dienone is 4. The maximum atomic E-state index is 10.4. The molecule has 1 atom stereocenters. The second-order valence-electron chi connectivity index (χ2n) is 5.57. The molecule has 0 fully saturated rings. The molecule has 1 aromatic heterocycles. The number of aliphatic imine (C=N–C) groups is 1. The van der Waals surface area contributed by atoms with Gasteiger partial charge in [-0.15, -0.1) is 0 Å². The fourth-order valence-electron chi connectivity index (χ4n) is 3.16. The largest absolute Gasteiger partial charge is 0.494 e. The van der Waals surface area contributed by atoms with Gasteiger partial charge in [-0.05, 0) is 6.42 Å². The maximum absolute atomic E-state index is 10.4. The minimum Gasteiger partial charge on any atom is -0.494 e. The lowest BCUT2D eigenvalue weighted by molar-refractivity contribution is 0.454. The summed E-state index contributed by atoms with van der Waals surface area (Å²) >= 11 is 0. The van der Waals surface area contributed by atoms with Gasteiger partial charge >= 0.3 is 0 Å². The molecule has 2 heterocycles. The molecule has 1 aliphatic carbocycles. The highest BCUT2D eigenvalue weighted by Crippen LogP contribution is 2.42. The Bertz CT molecular complexity index is 838. The van der Waals surface area contributed by atoms with Gasteiger partial charge in [0.05, 0.1) is 17.0 Å². The Hall–Kier alpha value is -2.81. The van der Waals surface area contributed by atoms with E-state index in [4.69, 9.17) is 0 Å². The van der Waals surface area contributed by atoms with Crippen LogP contribution >= 0.6 is 0 Å². The number of hydrogen-bond acceptors (Lipinski definition) is 2. The molecule has 3 heteroatoms. The van der Waals surface area contributed by atoms with Crippen molar-refractivity contribution in [3.63, 3.8) is 0 Å². The number of benzene rings is 1. The van der Waals surface area contributed by atoms with E-state index in [2.05, 4.69) is 28.7 Å². The Morgan fingerprint density at radius 3 is 2.68 bits per heavy atom. The number of nitrogens with zero attached hydrogens (tertiary/aromatic N) is 1. The first-order valence-electron chi connectivity index (χ1n) is 7.37. The summed E-state index contributed by atoms with van der Waals surface area (Å²) in [5, 5.41) is 10.4. The summed E-state index contributed by atoms with van der Waals surface area (Å²) < 4.78 is 0. The molecule has 2 N–H and O–H groups in total. The van der Waals surface area contributed by atoms with E-state index in [-0.39, 0.29) is 11.8 Å². The third kappa shape index (κ3) is 1.86. The first-order chi connectivity index (χ1) is 10.8. The predicted molar refractivity (Wildman–Crippen MR) is 89.2 cm³/mol. The fourth-order valence-corrected chi connectivity index (χ4v) is 3.16. The molecule has 108 valence electrons. The number of aromatic hydroxyl groups is 1. The minimum absolute atomic E-state index is 0.175. The lowest BCUT2D eigenvalue weighted by Gasteiger charge is -2.13. The van der Waals surface area contributed by atoms with Gasteiger partial charge in [-0.2, -0.15) is 0 Å². The first kappa shape index (κ1) is 12.9. The highest BCUT2D eigenvalue weighted by Gasteiger charge is 2.31. The summed E-state index contributed by atoms with van der Waals surface area (Å²) in [7, 11) is 0. The van der Waals surface area contributed by atoms with E-state index in [1.54, 1.807) is 0 Å². The number of nitrogens with one attached hydrogen (secondary N) is 1. The van der Waals surface area contributed by atoms with Crippen molar-refractivity contribution in [1.29, 1.82) is 0 Å². The van der Waals surface area contributed by atoms with Crippen LogP contribution in [0.15, 0.2) is 66.2 Å². The van der Waals surface area contributed by atoms with E-state index in [0.717, 1.165) is 34.5 Å². The average molecular weight is 288 g/mol. The molecule has 1 unspecified atom stereocenters. The number of fused-ring (bicyclic) bond motifs is 1. The van der Waals surface area contributed by atoms with Gasteiger partial charge < -0.3 is 10.1 Å².